The molecule has 0 unspecified atom stereocenters. The molecule has 0 aliphatic heterocycles. The van der Waals surface area contributed by atoms with Gasteiger partial charge in [0, 0.05) is 19.8 Å². The van der Waals surface area contributed by atoms with Crippen molar-refractivity contribution in [1.29, 1.82) is 0 Å². The van der Waals surface area contributed by atoms with Crippen LogP contribution in [0.1, 0.15) is 13.3 Å². The first kappa shape index (κ1) is 7.66. The van der Waals surface area contributed by atoms with E-state index in [2.05, 4.69) is 44.1 Å². The van der Waals surface area contributed by atoms with Crippen molar-refractivity contribution in [3.63, 3.8) is 0 Å². The van der Waals surface area contributed by atoms with E-state index in [4.69, 9.17) is 0 Å². The molecule has 1 heteroatoms. The zero-order valence-electron chi connectivity index (χ0n) is 7.96. The van der Waals surface area contributed by atoms with Crippen LogP contribution in [0.15, 0.2) is 35.1 Å². The molecule has 0 heterocycles. The minimum Gasteiger partial charge on any atom is -0.380 e. The van der Waals surface area contributed by atoms with Gasteiger partial charge in [0.25, 0.3) is 0 Å². The van der Waals surface area contributed by atoms with Crippen LogP contribution in [-0.2, 0) is 0 Å². The summed E-state index contributed by atoms with van der Waals surface area (Å²) in [4.78, 5) is 2.24. The highest BCUT2D eigenvalue weighted by atomic mass is 15.1. The van der Waals surface area contributed by atoms with Gasteiger partial charge < -0.3 is 4.90 Å². The molecule has 1 atom stereocenters. The monoisotopic (exact) mass is 161 g/mol. The molecule has 64 valence electrons. The van der Waals surface area contributed by atoms with Gasteiger partial charge >= 0.3 is 0 Å². The summed E-state index contributed by atoms with van der Waals surface area (Å²) in [6.45, 7) is 2.30. The maximum absolute atomic E-state index is 2.30. The molecular formula is C11H15N. The van der Waals surface area contributed by atoms with Gasteiger partial charge in [-0.1, -0.05) is 25.2 Å². The third kappa shape index (κ3) is 0.927. The predicted molar refractivity (Wildman–Crippen MR) is 51.7 cm³/mol. The highest BCUT2D eigenvalue weighted by molar-refractivity contribution is 5.55. The summed E-state index contributed by atoms with van der Waals surface area (Å²) < 4.78 is 0. The first-order valence-corrected chi connectivity index (χ1v) is 4.49. The van der Waals surface area contributed by atoms with Gasteiger partial charge in [0.15, 0.2) is 0 Å². The van der Waals surface area contributed by atoms with Gasteiger partial charge in [-0.05, 0) is 23.5 Å². The number of hydrogen-bond donors (Lipinski definition) is 0. The Morgan fingerprint density at radius 2 is 2.17 bits per heavy atom. The van der Waals surface area contributed by atoms with Crippen LogP contribution in [0, 0.1) is 5.92 Å². The van der Waals surface area contributed by atoms with Crippen molar-refractivity contribution < 1.29 is 0 Å². The molecule has 0 amide bonds. The van der Waals surface area contributed by atoms with Crippen LogP contribution < -0.4 is 0 Å². The minimum atomic E-state index is 0.715. The highest BCUT2D eigenvalue weighted by Gasteiger charge is 2.26. The van der Waals surface area contributed by atoms with Gasteiger partial charge in [0.2, 0.25) is 0 Å². The maximum atomic E-state index is 2.30. The second kappa shape index (κ2) is 2.51. The fraction of sp³-hybridized carbons (Fsp3) is 0.455. The summed E-state index contributed by atoms with van der Waals surface area (Å²) in [5, 5.41) is 0. The van der Waals surface area contributed by atoms with E-state index in [9.17, 15) is 0 Å². The van der Waals surface area contributed by atoms with Crippen molar-refractivity contribution in [2.45, 2.75) is 13.3 Å². The Labute approximate surface area is 74.1 Å². The summed E-state index contributed by atoms with van der Waals surface area (Å²) in [5.74, 6) is 0.715. The number of rotatable bonds is 1. The van der Waals surface area contributed by atoms with E-state index in [0.717, 1.165) is 0 Å². The molecule has 2 aliphatic carbocycles. The lowest BCUT2D eigenvalue weighted by molar-refractivity contribution is 0.477. The fourth-order valence-corrected chi connectivity index (χ4v) is 2.06. The number of fused-ring (bicyclic) bond motifs is 1. The van der Waals surface area contributed by atoms with Crippen molar-refractivity contribution in [1.82, 2.24) is 4.90 Å². The molecule has 0 aromatic rings. The van der Waals surface area contributed by atoms with Crippen LogP contribution in [0.4, 0.5) is 0 Å². The van der Waals surface area contributed by atoms with Crippen molar-refractivity contribution in [2.75, 3.05) is 14.1 Å². The van der Waals surface area contributed by atoms with Crippen LogP contribution >= 0.6 is 0 Å². The van der Waals surface area contributed by atoms with E-state index in [-0.39, 0.29) is 0 Å². The Bertz CT molecular complexity index is 292. The van der Waals surface area contributed by atoms with Gasteiger partial charge in [0.1, 0.15) is 0 Å². The zero-order valence-corrected chi connectivity index (χ0v) is 7.96. The number of hydrogen-bond acceptors (Lipinski definition) is 1. The molecule has 0 saturated heterocycles. The van der Waals surface area contributed by atoms with Gasteiger partial charge in [-0.25, -0.2) is 0 Å². The summed E-state index contributed by atoms with van der Waals surface area (Å²) in [6.07, 6.45) is 7.84. The summed E-state index contributed by atoms with van der Waals surface area (Å²) in [7, 11) is 4.26. The van der Waals surface area contributed by atoms with Crippen LogP contribution in [0.2, 0.25) is 0 Å². The van der Waals surface area contributed by atoms with Crippen molar-refractivity contribution in [2.24, 2.45) is 5.92 Å². The minimum absolute atomic E-state index is 0.715. The Morgan fingerprint density at radius 1 is 1.42 bits per heavy atom. The van der Waals surface area contributed by atoms with Crippen LogP contribution in [-0.4, -0.2) is 19.0 Å². The molecular weight excluding hydrogens is 146 g/mol. The first-order valence-electron chi connectivity index (χ1n) is 4.49. The lowest BCUT2D eigenvalue weighted by atomic mass is 10.0. The van der Waals surface area contributed by atoms with E-state index < -0.39 is 0 Å². The fourth-order valence-electron chi connectivity index (χ4n) is 2.06. The average Bonchev–Trinajstić information content (AvgIpc) is 2.53. The smallest absolute Gasteiger partial charge is 0.0210 e. The quantitative estimate of drug-likeness (QED) is 0.570. The normalized spacial score (nSPS) is 26.2. The molecule has 0 bridgehead atoms. The van der Waals surface area contributed by atoms with E-state index >= 15 is 0 Å². The first-order chi connectivity index (χ1) is 5.70. The highest BCUT2D eigenvalue weighted by Crippen LogP contribution is 2.40. The molecule has 2 aliphatic rings. The summed E-state index contributed by atoms with van der Waals surface area (Å²) in [6, 6.07) is 0. The lowest BCUT2D eigenvalue weighted by Crippen LogP contribution is -2.10. The summed E-state index contributed by atoms with van der Waals surface area (Å²) >= 11 is 0. The largest absolute Gasteiger partial charge is 0.380 e. The summed E-state index contributed by atoms with van der Waals surface area (Å²) in [5.41, 5.74) is 4.48. The zero-order chi connectivity index (χ0) is 8.72. The maximum Gasteiger partial charge on any atom is 0.0210 e. The Hall–Kier alpha value is -0.980. The Morgan fingerprint density at radius 3 is 2.83 bits per heavy atom. The van der Waals surface area contributed by atoms with Gasteiger partial charge in [-0.2, -0.15) is 0 Å². The van der Waals surface area contributed by atoms with Gasteiger partial charge in [-0.3, -0.25) is 0 Å². The Kier molecular flexibility index (Phi) is 1.60. The third-order valence-electron chi connectivity index (χ3n) is 2.73. The van der Waals surface area contributed by atoms with Crippen LogP contribution in [0.25, 0.3) is 0 Å². The molecule has 0 spiro atoms. The standard InChI is InChI=1S/C11H15N/c1-8-7-11(12(2)3)10-6-4-5-9(8)10/h4-6,8H,7H2,1-3H3/t8-/m0/s1. The Balaban J connectivity index is 2.41. The molecule has 1 nitrogen and oxygen atoms in total. The second-order valence-electron chi connectivity index (χ2n) is 3.84. The van der Waals surface area contributed by atoms with Crippen molar-refractivity contribution in [3.05, 3.63) is 35.1 Å². The van der Waals surface area contributed by atoms with Gasteiger partial charge in [0.05, 0.1) is 0 Å². The average molecular weight is 161 g/mol. The van der Waals surface area contributed by atoms with Crippen molar-refractivity contribution >= 4 is 0 Å². The third-order valence-corrected chi connectivity index (χ3v) is 2.73. The molecule has 0 saturated carbocycles. The lowest BCUT2D eigenvalue weighted by Gasteiger charge is -2.14. The van der Waals surface area contributed by atoms with E-state index in [1.54, 1.807) is 0 Å². The molecule has 0 aromatic heterocycles. The molecule has 0 aromatic carbocycles. The predicted octanol–water partition coefficient (Wildman–Crippen LogP) is 2.34. The topological polar surface area (TPSA) is 3.24 Å². The van der Waals surface area contributed by atoms with E-state index in [0.29, 0.717) is 5.92 Å². The number of allylic oxidation sites excluding steroid dienone is 6. The second-order valence-corrected chi connectivity index (χ2v) is 3.84. The molecule has 12 heavy (non-hydrogen) atoms. The molecule has 0 radical (unpaired) electrons. The molecule has 0 N–H and O–H groups in total. The molecule has 2 rings (SSSR count). The van der Waals surface area contributed by atoms with E-state index in [1.165, 1.54) is 23.3 Å². The number of nitrogens with zero attached hydrogens (tertiary/aromatic N) is 1. The molecule has 0 fully saturated rings. The SMILES string of the molecule is C[C@H]1CC(N(C)C)=C2C=CC=C21. The van der Waals surface area contributed by atoms with E-state index in [1.807, 2.05) is 0 Å². The van der Waals surface area contributed by atoms with Crippen LogP contribution in [0.5, 0.6) is 0 Å². The van der Waals surface area contributed by atoms with Gasteiger partial charge in [-0.15, -0.1) is 0 Å². The van der Waals surface area contributed by atoms with Crippen LogP contribution in [0.3, 0.4) is 0 Å². The van der Waals surface area contributed by atoms with Crippen molar-refractivity contribution in [3.8, 4) is 0 Å².